The molecule has 1 aliphatic heterocycles. The molecule has 1 rings (SSSR count). The number of rotatable bonds is 5. The van der Waals surface area contributed by atoms with E-state index in [-0.39, 0.29) is 12.5 Å². The minimum absolute atomic E-state index is 0.193. The van der Waals surface area contributed by atoms with Crippen molar-refractivity contribution in [2.45, 2.75) is 12.8 Å². The second-order valence-corrected chi connectivity index (χ2v) is 3.71. The first-order valence-corrected chi connectivity index (χ1v) is 5.02. The summed E-state index contributed by atoms with van der Waals surface area (Å²) in [5, 5.41) is 8.34. The third-order valence-corrected chi connectivity index (χ3v) is 2.68. The number of aliphatic carboxylic acids is 1. The van der Waals surface area contributed by atoms with Crippen molar-refractivity contribution in [3.05, 3.63) is 0 Å². The van der Waals surface area contributed by atoms with Crippen LogP contribution in [0.5, 0.6) is 0 Å². The highest BCUT2D eigenvalue weighted by Gasteiger charge is 2.39. The first kappa shape index (κ1) is 12.9. The molecule has 7 nitrogen and oxygen atoms in total. The predicted molar refractivity (Wildman–Crippen MR) is 53.3 cm³/mol. The standard InChI is InChI=1S/C9H16N2O5/c10-6-9(1-3-15-4-2-9)8(14)11-16-5-7(12)13/h1-6,10H2,(H,11,14)(H,12,13). The summed E-state index contributed by atoms with van der Waals surface area (Å²) in [4.78, 5) is 26.5. The number of nitrogens with one attached hydrogen (secondary N) is 1. The van der Waals surface area contributed by atoms with E-state index in [1.54, 1.807) is 0 Å². The lowest BCUT2D eigenvalue weighted by Crippen LogP contribution is -2.49. The fourth-order valence-corrected chi connectivity index (χ4v) is 1.56. The monoisotopic (exact) mass is 232 g/mol. The minimum Gasteiger partial charge on any atom is -0.479 e. The van der Waals surface area contributed by atoms with Crippen molar-refractivity contribution < 1.29 is 24.3 Å². The van der Waals surface area contributed by atoms with Gasteiger partial charge in [0.05, 0.1) is 5.41 Å². The molecule has 0 radical (unpaired) electrons. The van der Waals surface area contributed by atoms with E-state index in [1.165, 1.54) is 0 Å². The molecular weight excluding hydrogens is 216 g/mol. The Bertz CT molecular complexity index is 263. The summed E-state index contributed by atoms with van der Waals surface area (Å²) in [5.41, 5.74) is 7.00. The van der Waals surface area contributed by atoms with Crippen molar-refractivity contribution in [1.29, 1.82) is 0 Å². The van der Waals surface area contributed by atoms with Crippen molar-refractivity contribution in [1.82, 2.24) is 5.48 Å². The zero-order chi connectivity index (χ0) is 12.0. The van der Waals surface area contributed by atoms with Crippen LogP contribution in [-0.2, 0) is 19.2 Å². The average Bonchev–Trinajstić information content (AvgIpc) is 2.29. The summed E-state index contributed by atoms with van der Waals surface area (Å²) in [6, 6.07) is 0. The molecule has 1 saturated heterocycles. The topological polar surface area (TPSA) is 111 Å². The molecule has 0 spiro atoms. The molecule has 7 heteroatoms. The van der Waals surface area contributed by atoms with Gasteiger partial charge in [0.2, 0.25) is 0 Å². The molecule has 0 bridgehead atoms. The minimum atomic E-state index is -1.14. The highest BCUT2D eigenvalue weighted by Crippen LogP contribution is 2.29. The molecule has 0 atom stereocenters. The van der Waals surface area contributed by atoms with E-state index in [0.717, 1.165) is 0 Å². The van der Waals surface area contributed by atoms with Gasteiger partial charge >= 0.3 is 5.97 Å². The number of carbonyl (C=O) groups is 2. The predicted octanol–water partition coefficient (Wildman–Crippen LogP) is -1.13. The van der Waals surface area contributed by atoms with E-state index in [2.05, 4.69) is 10.3 Å². The van der Waals surface area contributed by atoms with Crippen molar-refractivity contribution in [2.24, 2.45) is 11.1 Å². The van der Waals surface area contributed by atoms with Gasteiger partial charge in [-0.15, -0.1) is 0 Å². The van der Waals surface area contributed by atoms with E-state index in [1.807, 2.05) is 0 Å². The van der Waals surface area contributed by atoms with E-state index >= 15 is 0 Å². The summed E-state index contributed by atoms with van der Waals surface area (Å²) >= 11 is 0. The lowest BCUT2D eigenvalue weighted by Gasteiger charge is -2.33. The maximum Gasteiger partial charge on any atom is 0.332 e. The lowest BCUT2D eigenvalue weighted by atomic mass is 9.79. The Morgan fingerprint density at radius 1 is 1.44 bits per heavy atom. The van der Waals surface area contributed by atoms with Gasteiger partial charge in [-0.25, -0.2) is 10.3 Å². The molecule has 0 aromatic heterocycles. The number of carboxylic acids is 1. The van der Waals surface area contributed by atoms with E-state index in [0.29, 0.717) is 26.1 Å². The van der Waals surface area contributed by atoms with Crippen LogP contribution < -0.4 is 11.2 Å². The van der Waals surface area contributed by atoms with E-state index in [4.69, 9.17) is 15.6 Å². The molecular formula is C9H16N2O5. The second-order valence-electron chi connectivity index (χ2n) is 3.71. The highest BCUT2D eigenvalue weighted by atomic mass is 16.7. The number of hydrogen-bond acceptors (Lipinski definition) is 5. The van der Waals surface area contributed by atoms with Crippen molar-refractivity contribution >= 4 is 11.9 Å². The molecule has 0 aromatic carbocycles. The first-order chi connectivity index (χ1) is 7.60. The highest BCUT2D eigenvalue weighted by molar-refractivity contribution is 5.82. The van der Waals surface area contributed by atoms with Gasteiger partial charge in [0.1, 0.15) is 0 Å². The molecule has 1 heterocycles. The van der Waals surface area contributed by atoms with Crippen molar-refractivity contribution in [2.75, 3.05) is 26.4 Å². The SMILES string of the molecule is NCC1(C(=O)NOCC(=O)O)CCOCC1. The van der Waals surface area contributed by atoms with Crippen LogP contribution in [0.3, 0.4) is 0 Å². The summed E-state index contributed by atoms with van der Waals surface area (Å²) < 4.78 is 5.15. The quantitative estimate of drug-likeness (QED) is 0.517. The molecule has 0 saturated carbocycles. The molecule has 0 unspecified atom stereocenters. The summed E-state index contributed by atoms with van der Waals surface area (Å²) in [7, 11) is 0. The molecule has 4 N–H and O–H groups in total. The Labute approximate surface area is 92.8 Å². The fraction of sp³-hybridized carbons (Fsp3) is 0.778. The van der Waals surface area contributed by atoms with E-state index in [9.17, 15) is 9.59 Å². The molecule has 1 fully saturated rings. The number of carboxylic acid groups (broad SMARTS) is 1. The molecule has 0 aliphatic carbocycles. The van der Waals surface area contributed by atoms with Gasteiger partial charge in [-0.1, -0.05) is 0 Å². The second kappa shape index (κ2) is 5.78. The Morgan fingerprint density at radius 3 is 2.56 bits per heavy atom. The number of nitrogens with two attached hydrogens (primary N) is 1. The fourth-order valence-electron chi connectivity index (χ4n) is 1.56. The number of amides is 1. The van der Waals surface area contributed by atoms with Crippen LogP contribution in [0, 0.1) is 5.41 Å². The molecule has 1 amide bonds. The normalized spacial score (nSPS) is 19.1. The molecule has 0 aromatic rings. The smallest absolute Gasteiger partial charge is 0.332 e. The van der Waals surface area contributed by atoms with Crippen molar-refractivity contribution in [3.8, 4) is 0 Å². The van der Waals surface area contributed by atoms with Gasteiger partial charge in [-0.2, -0.15) is 0 Å². The summed E-state index contributed by atoms with van der Waals surface area (Å²) in [5.74, 6) is -1.52. The third kappa shape index (κ3) is 3.16. The number of ether oxygens (including phenoxy) is 1. The average molecular weight is 232 g/mol. The first-order valence-electron chi connectivity index (χ1n) is 5.02. The zero-order valence-electron chi connectivity index (χ0n) is 8.90. The van der Waals surface area contributed by atoms with Crippen LogP contribution in [-0.4, -0.2) is 43.3 Å². The van der Waals surface area contributed by atoms with Crippen molar-refractivity contribution in [3.63, 3.8) is 0 Å². The number of hydrogen-bond donors (Lipinski definition) is 3. The van der Waals surface area contributed by atoms with Crippen LogP contribution in [0.2, 0.25) is 0 Å². The summed E-state index contributed by atoms with van der Waals surface area (Å²) in [6.45, 7) is 0.578. The van der Waals surface area contributed by atoms with Gasteiger partial charge < -0.3 is 15.6 Å². The molecule has 1 aliphatic rings. The van der Waals surface area contributed by atoms with Gasteiger partial charge in [0.25, 0.3) is 5.91 Å². The number of hydroxylamine groups is 1. The maximum absolute atomic E-state index is 11.8. The maximum atomic E-state index is 11.8. The van der Waals surface area contributed by atoms with Crippen LogP contribution in [0.4, 0.5) is 0 Å². The van der Waals surface area contributed by atoms with Crippen LogP contribution in [0.15, 0.2) is 0 Å². The molecule has 92 valence electrons. The lowest BCUT2D eigenvalue weighted by molar-refractivity contribution is -0.156. The Balaban J connectivity index is 2.45. The Hall–Kier alpha value is -1.18. The van der Waals surface area contributed by atoms with Crippen LogP contribution in [0.1, 0.15) is 12.8 Å². The van der Waals surface area contributed by atoms with Gasteiger partial charge in [0.15, 0.2) is 6.61 Å². The summed E-state index contributed by atoms with van der Waals surface area (Å²) in [6.07, 6.45) is 1.04. The van der Waals surface area contributed by atoms with E-state index < -0.39 is 18.0 Å². The van der Waals surface area contributed by atoms with Gasteiger partial charge in [-0.3, -0.25) is 9.63 Å². The van der Waals surface area contributed by atoms with Gasteiger partial charge in [0, 0.05) is 19.8 Å². The Morgan fingerprint density at radius 2 is 2.06 bits per heavy atom. The molecule has 16 heavy (non-hydrogen) atoms. The van der Waals surface area contributed by atoms with Crippen LogP contribution >= 0.6 is 0 Å². The number of carbonyl (C=O) groups excluding carboxylic acids is 1. The Kier molecular flexibility index (Phi) is 4.66. The third-order valence-electron chi connectivity index (χ3n) is 2.68. The zero-order valence-corrected chi connectivity index (χ0v) is 8.90. The largest absolute Gasteiger partial charge is 0.479 e. The van der Waals surface area contributed by atoms with Crippen LogP contribution in [0.25, 0.3) is 0 Å². The van der Waals surface area contributed by atoms with Gasteiger partial charge in [-0.05, 0) is 12.8 Å².